The highest BCUT2D eigenvalue weighted by atomic mass is 16.4. The lowest BCUT2D eigenvalue weighted by Crippen LogP contribution is -2.37. The smallest absolute Gasteiger partial charge is 0.337 e. The number of aromatic nitrogens is 3. The second-order valence-electron chi connectivity index (χ2n) is 6.73. The first-order valence-electron chi connectivity index (χ1n) is 8.71. The fraction of sp³-hybridized carbons (Fsp3) is 0.421. The first-order valence-corrected chi connectivity index (χ1v) is 8.71. The van der Waals surface area contributed by atoms with Crippen LogP contribution in [0.5, 0.6) is 0 Å². The van der Waals surface area contributed by atoms with Gasteiger partial charge in [0.1, 0.15) is 5.82 Å². The summed E-state index contributed by atoms with van der Waals surface area (Å²) in [6.07, 6.45) is 5.59. The third kappa shape index (κ3) is 4.22. The number of pyridine rings is 1. The molecule has 0 spiro atoms. The Kier molecular flexibility index (Phi) is 5.25. The number of likely N-dealkylation sites (tertiary alicyclic amines) is 1. The number of amides is 1. The standard InChI is InChI=1S/C19H22N4O3/c1-12-7-17(15-9-16(19(25)26)11-20-10-15)22-18(21-12)8-14-3-5-23(6-4-14)13(2)24/h7,9-11,14H,3-6,8H2,1-2H3,(H,25,26). The summed E-state index contributed by atoms with van der Waals surface area (Å²) < 4.78 is 0. The summed E-state index contributed by atoms with van der Waals surface area (Å²) in [5, 5.41) is 9.14. The molecule has 0 saturated carbocycles. The Hall–Kier alpha value is -2.83. The number of hydrogen-bond acceptors (Lipinski definition) is 5. The predicted octanol–water partition coefficient (Wildman–Crippen LogP) is 2.35. The number of piperidine rings is 1. The summed E-state index contributed by atoms with van der Waals surface area (Å²) in [5.74, 6) is 0.316. The van der Waals surface area contributed by atoms with Gasteiger partial charge in [-0.1, -0.05) is 0 Å². The number of carboxylic acids is 1. The Bertz CT molecular complexity index is 829. The minimum Gasteiger partial charge on any atom is -0.478 e. The molecule has 1 saturated heterocycles. The SMILES string of the molecule is CC(=O)N1CCC(Cc2nc(C)cc(-c3cncc(C(=O)O)c3)n2)CC1. The number of rotatable bonds is 4. The Morgan fingerprint density at radius 3 is 2.58 bits per heavy atom. The van der Waals surface area contributed by atoms with Crippen LogP contribution in [0.1, 0.15) is 41.6 Å². The Balaban J connectivity index is 1.77. The van der Waals surface area contributed by atoms with Crippen LogP contribution in [0.15, 0.2) is 24.5 Å². The van der Waals surface area contributed by atoms with E-state index in [0.29, 0.717) is 17.2 Å². The van der Waals surface area contributed by atoms with Crippen LogP contribution in [0.25, 0.3) is 11.3 Å². The number of carboxylic acid groups (broad SMARTS) is 1. The lowest BCUT2D eigenvalue weighted by Gasteiger charge is -2.31. The van der Waals surface area contributed by atoms with Crippen LogP contribution in [-0.4, -0.2) is 49.9 Å². The second-order valence-corrected chi connectivity index (χ2v) is 6.73. The lowest BCUT2D eigenvalue weighted by molar-refractivity contribution is -0.130. The molecule has 1 aliphatic heterocycles. The molecule has 7 heteroatoms. The highest BCUT2D eigenvalue weighted by Crippen LogP contribution is 2.23. The van der Waals surface area contributed by atoms with Gasteiger partial charge < -0.3 is 10.0 Å². The lowest BCUT2D eigenvalue weighted by atomic mass is 9.93. The van der Waals surface area contributed by atoms with E-state index in [2.05, 4.69) is 15.0 Å². The van der Waals surface area contributed by atoms with Gasteiger partial charge in [0.2, 0.25) is 5.91 Å². The highest BCUT2D eigenvalue weighted by molar-refractivity contribution is 5.88. The maximum atomic E-state index is 11.4. The van der Waals surface area contributed by atoms with E-state index in [1.807, 2.05) is 17.9 Å². The molecule has 2 aromatic rings. The van der Waals surface area contributed by atoms with Gasteiger partial charge in [-0.15, -0.1) is 0 Å². The van der Waals surface area contributed by atoms with Gasteiger partial charge >= 0.3 is 5.97 Å². The zero-order valence-electron chi connectivity index (χ0n) is 15.0. The van der Waals surface area contributed by atoms with E-state index in [4.69, 9.17) is 5.11 Å². The summed E-state index contributed by atoms with van der Waals surface area (Å²) in [5.41, 5.74) is 2.33. The fourth-order valence-corrected chi connectivity index (χ4v) is 3.28. The number of nitrogens with zero attached hydrogens (tertiary/aromatic N) is 4. The fourth-order valence-electron chi connectivity index (χ4n) is 3.28. The molecule has 0 aromatic carbocycles. The number of carbonyl (C=O) groups is 2. The van der Waals surface area contributed by atoms with Crippen molar-refractivity contribution in [3.63, 3.8) is 0 Å². The summed E-state index contributed by atoms with van der Waals surface area (Å²) >= 11 is 0. The van der Waals surface area contributed by atoms with Gasteiger partial charge in [-0.05, 0) is 37.8 Å². The molecule has 0 aliphatic carbocycles. The van der Waals surface area contributed by atoms with Crippen molar-refractivity contribution in [2.24, 2.45) is 5.92 Å². The zero-order chi connectivity index (χ0) is 18.7. The third-order valence-corrected chi connectivity index (χ3v) is 4.71. The quantitative estimate of drug-likeness (QED) is 0.905. The van der Waals surface area contributed by atoms with Crippen LogP contribution < -0.4 is 0 Å². The van der Waals surface area contributed by atoms with Crippen molar-refractivity contribution >= 4 is 11.9 Å². The van der Waals surface area contributed by atoms with Crippen molar-refractivity contribution in [3.8, 4) is 11.3 Å². The monoisotopic (exact) mass is 354 g/mol. The molecule has 7 nitrogen and oxygen atoms in total. The van der Waals surface area contributed by atoms with Crippen molar-refractivity contribution in [1.29, 1.82) is 0 Å². The van der Waals surface area contributed by atoms with E-state index in [-0.39, 0.29) is 11.5 Å². The van der Waals surface area contributed by atoms with Gasteiger partial charge in [0, 0.05) is 50.1 Å². The molecule has 0 unspecified atom stereocenters. The maximum Gasteiger partial charge on any atom is 0.337 e. The van der Waals surface area contributed by atoms with Gasteiger partial charge in [-0.3, -0.25) is 9.78 Å². The summed E-state index contributed by atoms with van der Waals surface area (Å²) in [4.78, 5) is 37.6. The van der Waals surface area contributed by atoms with Gasteiger partial charge in [0.15, 0.2) is 0 Å². The van der Waals surface area contributed by atoms with E-state index in [0.717, 1.165) is 43.9 Å². The Morgan fingerprint density at radius 1 is 1.19 bits per heavy atom. The molecule has 3 rings (SSSR count). The molecular weight excluding hydrogens is 332 g/mol. The normalized spacial score (nSPS) is 15.1. The number of hydrogen-bond donors (Lipinski definition) is 1. The zero-order valence-corrected chi connectivity index (χ0v) is 15.0. The van der Waals surface area contributed by atoms with E-state index in [1.165, 1.54) is 6.20 Å². The highest BCUT2D eigenvalue weighted by Gasteiger charge is 2.22. The average Bonchev–Trinajstić information content (AvgIpc) is 2.62. The molecule has 3 heterocycles. The molecule has 1 amide bonds. The minimum atomic E-state index is -1.01. The molecule has 1 fully saturated rings. The summed E-state index contributed by atoms with van der Waals surface area (Å²) in [6, 6.07) is 3.41. The second kappa shape index (κ2) is 7.59. The Labute approximate surface area is 152 Å². The third-order valence-electron chi connectivity index (χ3n) is 4.71. The van der Waals surface area contributed by atoms with Gasteiger partial charge in [-0.2, -0.15) is 0 Å². The molecule has 2 aromatic heterocycles. The van der Waals surface area contributed by atoms with Crippen molar-refractivity contribution < 1.29 is 14.7 Å². The van der Waals surface area contributed by atoms with Crippen molar-refractivity contribution in [3.05, 3.63) is 41.6 Å². The first kappa shape index (κ1) is 18.0. The van der Waals surface area contributed by atoms with Crippen molar-refractivity contribution in [2.45, 2.75) is 33.1 Å². The van der Waals surface area contributed by atoms with Crippen molar-refractivity contribution in [1.82, 2.24) is 19.9 Å². The number of aromatic carboxylic acids is 1. The Morgan fingerprint density at radius 2 is 1.92 bits per heavy atom. The minimum absolute atomic E-state index is 0.128. The van der Waals surface area contributed by atoms with E-state index in [1.54, 1.807) is 19.2 Å². The number of aryl methyl sites for hydroxylation is 1. The van der Waals surface area contributed by atoms with Gasteiger partial charge in [0.05, 0.1) is 11.3 Å². The topological polar surface area (TPSA) is 96.3 Å². The van der Waals surface area contributed by atoms with E-state index >= 15 is 0 Å². The van der Waals surface area contributed by atoms with Gasteiger partial charge in [0.25, 0.3) is 0 Å². The van der Waals surface area contributed by atoms with E-state index < -0.39 is 5.97 Å². The van der Waals surface area contributed by atoms with Crippen LogP contribution in [0.3, 0.4) is 0 Å². The van der Waals surface area contributed by atoms with Crippen LogP contribution in [0, 0.1) is 12.8 Å². The van der Waals surface area contributed by atoms with Crippen LogP contribution in [0.2, 0.25) is 0 Å². The predicted molar refractivity (Wildman–Crippen MR) is 95.6 cm³/mol. The van der Waals surface area contributed by atoms with Crippen LogP contribution >= 0.6 is 0 Å². The molecule has 1 aliphatic rings. The maximum absolute atomic E-state index is 11.4. The largest absolute Gasteiger partial charge is 0.478 e. The van der Waals surface area contributed by atoms with Gasteiger partial charge in [-0.25, -0.2) is 14.8 Å². The molecule has 0 atom stereocenters. The molecule has 26 heavy (non-hydrogen) atoms. The molecule has 0 radical (unpaired) electrons. The van der Waals surface area contributed by atoms with E-state index in [9.17, 15) is 9.59 Å². The van der Waals surface area contributed by atoms with Crippen LogP contribution in [0.4, 0.5) is 0 Å². The van der Waals surface area contributed by atoms with Crippen LogP contribution in [-0.2, 0) is 11.2 Å². The first-order chi connectivity index (χ1) is 12.4. The summed E-state index contributed by atoms with van der Waals surface area (Å²) in [6.45, 7) is 5.07. The summed E-state index contributed by atoms with van der Waals surface area (Å²) in [7, 11) is 0. The molecule has 0 bridgehead atoms. The van der Waals surface area contributed by atoms with Crippen molar-refractivity contribution in [2.75, 3.05) is 13.1 Å². The molecule has 1 N–H and O–H groups in total. The molecular formula is C19H22N4O3. The number of carbonyl (C=O) groups excluding carboxylic acids is 1. The molecule has 136 valence electrons. The average molecular weight is 354 g/mol.